The minimum Gasteiger partial charge on any atom is -0.359 e. The van der Waals surface area contributed by atoms with Crippen molar-refractivity contribution in [1.29, 1.82) is 0 Å². The van der Waals surface area contributed by atoms with E-state index < -0.39 is 0 Å². The number of rotatable bonds is 6. The SMILES string of the molecule is CCc1csc(NC(CC)CCN)n1. The fourth-order valence-corrected chi connectivity index (χ4v) is 2.16. The van der Waals surface area contributed by atoms with E-state index in [1.54, 1.807) is 11.3 Å². The van der Waals surface area contributed by atoms with Gasteiger partial charge in [0.1, 0.15) is 0 Å². The highest BCUT2D eigenvalue weighted by molar-refractivity contribution is 7.13. The summed E-state index contributed by atoms with van der Waals surface area (Å²) in [5.74, 6) is 0. The van der Waals surface area contributed by atoms with Gasteiger partial charge in [0.05, 0.1) is 5.69 Å². The van der Waals surface area contributed by atoms with Crippen LogP contribution in [0.5, 0.6) is 0 Å². The Kier molecular flexibility index (Phi) is 4.90. The Balaban J connectivity index is 2.48. The summed E-state index contributed by atoms with van der Waals surface area (Å²) in [4.78, 5) is 4.47. The maximum atomic E-state index is 5.53. The van der Waals surface area contributed by atoms with Crippen LogP contribution in [0, 0.1) is 0 Å². The van der Waals surface area contributed by atoms with Gasteiger partial charge in [-0.05, 0) is 25.8 Å². The van der Waals surface area contributed by atoms with Crippen molar-refractivity contribution in [3.05, 3.63) is 11.1 Å². The van der Waals surface area contributed by atoms with Crippen LogP contribution < -0.4 is 11.1 Å². The number of aryl methyl sites for hydroxylation is 1. The zero-order valence-corrected chi connectivity index (χ0v) is 9.73. The maximum Gasteiger partial charge on any atom is 0.183 e. The van der Waals surface area contributed by atoms with E-state index in [2.05, 4.69) is 29.5 Å². The molecule has 1 rings (SSSR count). The summed E-state index contributed by atoms with van der Waals surface area (Å²) in [5.41, 5.74) is 6.70. The van der Waals surface area contributed by atoms with E-state index in [0.29, 0.717) is 6.04 Å². The van der Waals surface area contributed by atoms with Gasteiger partial charge in [0.25, 0.3) is 0 Å². The zero-order chi connectivity index (χ0) is 10.4. The first-order chi connectivity index (χ1) is 6.80. The Labute approximate surface area is 89.7 Å². The Morgan fingerprint density at radius 2 is 2.36 bits per heavy atom. The van der Waals surface area contributed by atoms with Crippen LogP contribution in [-0.2, 0) is 6.42 Å². The number of nitrogens with zero attached hydrogens (tertiary/aromatic N) is 1. The van der Waals surface area contributed by atoms with Gasteiger partial charge >= 0.3 is 0 Å². The van der Waals surface area contributed by atoms with Gasteiger partial charge in [0.2, 0.25) is 0 Å². The average Bonchev–Trinajstić information content (AvgIpc) is 2.65. The molecule has 1 unspecified atom stereocenters. The van der Waals surface area contributed by atoms with Gasteiger partial charge in [-0.1, -0.05) is 13.8 Å². The van der Waals surface area contributed by atoms with Crippen molar-refractivity contribution in [2.45, 2.75) is 39.2 Å². The molecule has 3 N–H and O–H groups in total. The fourth-order valence-electron chi connectivity index (χ4n) is 1.29. The second-order valence-corrected chi connectivity index (χ2v) is 4.18. The molecule has 0 saturated carbocycles. The lowest BCUT2D eigenvalue weighted by Gasteiger charge is -2.14. The number of hydrogen-bond acceptors (Lipinski definition) is 4. The van der Waals surface area contributed by atoms with Crippen LogP contribution in [0.15, 0.2) is 5.38 Å². The molecule has 14 heavy (non-hydrogen) atoms. The van der Waals surface area contributed by atoms with E-state index >= 15 is 0 Å². The predicted molar refractivity (Wildman–Crippen MR) is 62.9 cm³/mol. The Bertz CT molecular complexity index is 260. The van der Waals surface area contributed by atoms with Crippen LogP contribution >= 0.6 is 11.3 Å². The number of nitrogens with two attached hydrogens (primary N) is 1. The molecule has 0 radical (unpaired) electrons. The molecule has 0 spiro atoms. The Morgan fingerprint density at radius 3 is 2.86 bits per heavy atom. The highest BCUT2D eigenvalue weighted by atomic mass is 32.1. The monoisotopic (exact) mass is 213 g/mol. The maximum absolute atomic E-state index is 5.53. The number of aromatic nitrogens is 1. The second kappa shape index (κ2) is 5.98. The molecule has 0 bridgehead atoms. The number of nitrogens with one attached hydrogen (secondary N) is 1. The van der Waals surface area contributed by atoms with Gasteiger partial charge in [0.15, 0.2) is 5.13 Å². The molecule has 1 aromatic heterocycles. The first-order valence-corrected chi connectivity index (χ1v) is 6.09. The van der Waals surface area contributed by atoms with Gasteiger partial charge in [-0.25, -0.2) is 4.98 Å². The lowest BCUT2D eigenvalue weighted by molar-refractivity contribution is 0.641. The van der Waals surface area contributed by atoms with Crippen molar-refractivity contribution in [2.24, 2.45) is 5.73 Å². The molecule has 0 fully saturated rings. The minimum atomic E-state index is 0.468. The molecule has 3 nitrogen and oxygen atoms in total. The van der Waals surface area contributed by atoms with E-state index in [0.717, 1.165) is 30.9 Å². The van der Waals surface area contributed by atoms with E-state index in [-0.39, 0.29) is 0 Å². The van der Waals surface area contributed by atoms with Crippen molar-refractivity contribution >= 4 is 16.5 Å². The van der Waals surface area contributed by atoms with Crippen LogP contribution in [0.4, 0.5) is 5.13 Å². The summed E-state index contributed by atoms with van der Waals surface area (Å²) in [7, 11) is 0. The first-order valence-electron chi connectivity index (χ1n) is 5.21. The number of thiazole rings is 1. The third-order valence-electron chi connectivity index (χ3n) is 2.25. The molecular formula is C10H19N3S. The summed E-state index contributed by atoms with van der Waals surface area (Å²) in [6, 6.07) is 0.468. The molecule has 0 aliphatic rings. The Hall–Kier alpha value is -0.610. The van der Waals surface area contributed by atoms with E-state index in [1.165, 1.54) is 5.69 Å². The lowest BCUT2D eigenvalue weighted by Crippen LogP contribution is -2.22. The minimum absolute atomic E-state index is 0.468. The normalized spacial score (nSPS) is 12.8. The molecule has 0 amide bonds. The molecule has 0 aliphatic heterocycles. The summed E-state index contributed by atoms with van der Waals surface area (Å²) >= 11 is 1.68. The second-order valence-electron chi connectivity index (χ2n) is 3.32. The third kappa shape index (κ3) is 3.27. The molecule has 1 aromatic rings. The van der Waals surface area contributed by atoms with Crippen LogP contribution in [0.2, 0.25) is 0 Å². The molecule has 0 aromatic carbocycles. The topological polar surface area (TPSA) is 50.9 Å². The number of anilines is 1. The van der Waals surface area contributed by atoms with Gasteiger partial charge in [-0.3, -0.25) is 0 Å². The van der Waals surface area contributed by atoms with Gasteiger partial charge in [-0.15, -0.1) is 11.3 Å². The zero-order valence-electron chi connectivity index (χ0n) is 8.92. The largest absolute Gasteiger partial charge is 0.359 e. The van der Waals surface area contributed by atoms with Gasteiger partial charge in [-0.2, -0.15) is 0 Å². The standard InChI is InChI=1S/C10H19N3S/c1-3-8(5-6-11)12-10-13-9(4-2)7-14-10/h7-8H,3-6,11H2,1-2H3,(H,12,13). The molecule has 1 heterocycles. The molecular weight excluding hydrogens is 194 g/mol. The quantitative estimate of drug-likeness (QED) is 0.762. The highest BCUT2D eigenvalue weighted by Crippen LogP contribution is 2.17. The van der Waals surface area contributed by atoms with Crippen molar-refractivity contribution in [1.82, 2.24) is 4.98 Å². The smallest absolute Gasteiger partial charge is 0.183 e. The molecule has 0 aliphatic carbocycles. The van der Waals surface area contributed by atoms with Gasteiger partial charge in [0, 0.05) is 11.4 Å². The summed E-state index contributed by atoms with van der Waals surface area (Å²) in [5, 5.41) is 6.55. The lowest BCUT2D eigenvalue weighted by atomic mass is 10.1. The average molecular weight is 213 g/mol. The van der Waals surface area contributed by atoms with Crippen LogP contribution in [0.3, 0.4) is 0 Å². The molecule has 4 heteroatoms. The van der Waals surface area contributed by atoms with E-state index in [4.69, 9.17) is 5.73 Å². The van der Waals surface area contributed by atoms with Crippen LogP contribution in [0.25, 0.3) is 0 Å². The first kappa shape index (κ1) is 11.5. The number of hydrogen-bond donors (Lipinski definition) is 2. The Morgan fingerprint density at radius 1 is 1.57 bits per heavy atom. The highest BCUT2D eigenvalue weighted by Gasteiger charge is 2.07. The van der Waals surface area contributed by atoms with Gasteiger partial charge < -0.3 is 11.1 Å². The predicted octanol–water partition coefficient (Wildman–Crippen LogP) is 2.24. The van der Waals surface area contributed by atoms with E-state index in [1.807, 2.05) is 0 Å². The summed E-state index contributed by atoms with van der Waals surface area (Å²) < 4.78 is 0. The van der Waals surface area contributed by atoms with Crippen LogP contribution in [-0.4, -0.2) is 17.6 Å². The fraction of sp³-hybridized carbons (Fsp3) is 0.700. The van der Waals surface area contributed by atoms with Crippen molar-refractivity contribution < 1.29 is 0 Å². The summed E-state index contributed by atoms with van der Waals surface area (Å²) in [6.45, 7) is 5.02. The van der Waals surface area contributed by atoms with Crippen molar-refractivity contribution in [3.8, 4) is 0 Å². The third-order valence-corrected chi connectivity index (χ3v) is 3.07. The molecule has 80 valence electrons. The van der Waals surface area contributed by atoms with Crippen LogP contribution in [0.1, 0.15) is 32.4 Å². The van der Waals surface area contributed by atoms with E-state index in [9.17, 15) is 0 Å². The van der Waals surface area contributed by atoms with Crippen molar-refractivity contribution in [2.75, 3.05) is 11.9 Å². The summed E-state index contributed by atoms with van der Waals surface area (Å²) in [6.07, 6.45) is 3.11. The molecule has 1 atom stereocenters. The molecule has 0 saturated heterocycles. The van der Waals surface area contributed by atoms with Crippen molar-refractivity contribution in [3.63, 3.8) is 0 Å².